The summed E-state index contributed by atoms with van der Waals surface area (Å²) in [5, 5.41) is 0.818. The van der Waals surface area contributed by atoms with E-state index in [0.29, 0.717) is 12.4 Å². The normalized spacial score (nSPS) is 10.7. The molecule has 0 aliphatic heterocycles. The maximum atomic E-state index is 11.5. The highest BCUT2D eigenvalue weighted by molar-refractivity contribution is 7.99. The Labute approximate surface area is 110 Å². The zero-order chi connectivity index (χ0) is 12.8. The van der Waals surface area contributed by atoms with Gasteiger partial charge in [0.25, 0.3) is 0 Å². The Balaban J connectivity index is 1.88. The van der Waals surface area contributed by atoms with Gasteiger partial charge in [-0.15, -0.1) is 0 Å². The molecule has 0 amide bonds. The number of imidazole rings is 1. The number of aromatic nitrogens is 2. The van der Waals surface area contributed by atoms with Crippen LogP contribution in [0.2, 0.25) is 0 Å². The number of thioether (sulfide) groups is 1. The predicted octanol–water partition coefficient (Wildman–Crippen LogP) is 2.77. The summed E-state index contributed by atoms with van der Waals surface area (Å²) in [4.78, 5) is 15.8. The number of hydrogen-bond donors (Lipinski definition) is 0. The lowest BCUT2D eigenvalue weighted by Crippen LogP contribution is -2.08. The molecule has 0 aliphatic carbocycles. The lowest BCUT2D eigenvalue weighted by Gasteiger charge is -2.03. The zero-order valence-corrected chi connectivity index (χ0v) is 11.2. The quantitative estimate of drug-likeness (QED) is 0.457. The molecule has 0 saturated carbocycles. The minimum absolute atomic E-state index is 0.180. The van der Waals surface area contributed by atoms with Crippen LogP contribution in [-0.2, 0) is 9.53 Å². The monoisotopic (exact) mass is 264 g/mol. The van der Waals surface area contributed by atoms with Crippen molar-refractivity contribution in [3.63, 3.8) is 0 Å². The second-order valence-corrected chi connectivity index (χ2v) is 4.84. The van der Waals surface area contributed by atoms with E-state index in [9.17, 15) is 4.79 Å². The Bertz CT molecular complexity index is 524. The topological polar surface area (TPSA) is 43.6 Å². The van der Waals surface area contributed by atoms with Gasteiger partial charge in [-0.1, -0.05) is 31.2 Å². The van der Waals surface area contributed by atoms with E-state index in [4.69, 9.17) is 4.74 Å². The van der Waals surface area contributed by atoms with Gasteiger partial charge in [0.05, 0.1) is 24.1 Å². The van der Waals surface area contributed by atoms with E-state index in [1.54, 1.807) is 6.20 Å². The van der Waals surface area contributed by atoms with Gasteiger partial charge in [0.1, 0.15) is 0 Å². The largest absolute Gasteiger partial charge is 0.465 e. The third-order valence-electron chi connectivity index (χ3n) is 2.48. The van der Waals surface area contributed by atoms with Crippen LogP contribution in [0.1, 0.15) is 19.8 Å². The van der Waals surface area contributed by atoms with E-state index in [2.05, 4.69) is 11.9 Å². The van der Waals surface area contributed by atoms with Gasteiger partial charge in [-0.25, -0.2) is 4.98 Å². The maximum absolute atomic E-state index is 11.5. The van der Waals surface area contributed by atoms with Gasteiger partial charge in [-0.05, 0) is 18.6 Å². The van der Waals surface area contributed by atoms with Crippen LogP contribution in [0.3, 0.4) is 0 Å². The highest BCUT2D eigenvalue weighted by Gasteiger charge is 2.08. The molecule has 0 aromatic carbocycles. The zero-order valence-electron chi connectivity index (χ0n) is 10.3. The third-order valence-corrected chi connectivity index (χ3v) is 3.43. The van der Waals surface area contributed by atoms with Gasteiger partial charge in [0.2, 0.25) is 0 Å². The van der Waals surface area contributed by atoms with Crippen LogP contribution in [-0.4, -0.2) is 27.7 Å². The fraction of sp³-hybridized carbons (Fsp3) is 0.385. The molecule has 0 fully saturated rings. The number of carbonyl (C=O) groups is 1. The van der Waals surface area contributed by atoms with Crippen LogP contribution in [0.5, 0.6) is 0 Å². The Hall–Kier alpha value is -1.49. The minimum atomic E-state index is -0.180. The van der Waals surface area contributed by atoms with Crippen molar-refractivity contribution in [1.82, 2.24) is 9.38 Å². The van der Waals surface area contributed by atoms with Gasteiger partial charge in [0.15, 0.2) is 5.16 Å². The average Bonchev–Trinajstić information content (AvgIpc) is 2.80. The number of pyridine rings is 1. The molecule has 2 heterocycles. The molecule has 0 radical (unpaired) electrons. The molecule has 4 nitrogen and oxygen atoms in total. The van der Waals surface area contributed by atoms with Crippen molar-refractivity contribution in [1.29, 1.82) is 0 Å². The molecule has 2 aromatic rings. The van der Waals surface area contributed by atoms with Crippen LogP contribution in [0.4, 0.5) is 0 Å². The molecule has 2 rings (SSSR count). The molecule has 2 aromatic heterocycles. The second kappa shape index (κ2) is 6.44. The molecular formula is C13H16N2O2S. The van der Waals surface area contributed by atoms with Crippen molar-refractivity contribution in [2.75, 3.05) is 12.4 Å². The average molecular weight is 264 g/mol. The van der Waals surface area contributed by atoms with E-state index in [1.807, 2.05) is 28.8 Å². The fourth-order valence-electron chi connectivity index (χ4n) is 1.52. The number of carbonyl (C=O) groups excluding carboxylic acids is 1. The van der Waals surface area contributed by atoms with Crippen LogP contribution >= 0.6 is 11.8 Å². The van der Waals surface area contributed by atoms with E-state index in [0.717, 1.165) is 23.5 Å². The molecule has 0 unspecified atom stereocenters. The van der Waals surface area contributed by atoms with Gasteiger partial charge in [-0.2, -0.15) is 0 Å². The summed E-state index contributed by atoms with van der Waals surface area (Å²) in [5.41, 5.74) is 1.03. The Morgan fingerprint density at radius 2 is 2.39 bits per heavy atom. The molecular weight excluding hydrogens is 248 g/mol. The van der Waals surface area contributed by atoms with Gasteiger partial charge in [0, 0.05) is 6.20 Å². The first kappa shape index (κ1) is 13.0. The number of fused-ring (bicyclic) bond motifs is 1. The summed E-state index contributed by atoms with van der Waals surface area (Å²) in [5.74, 6) is 0.124. The van der Waals surface area contributed by atoms with Crippen molar-refractivity contribution < 1.29 is 9.53 Å². The number of hydrogen-bond acceptors (Lipinski definition) is 4. The highest BCUT2D eigenvalue weighted by Crippen LogP contribution is 2.18. The van der Waals surface area contributed by atoms with E-state index < -0.39 is 0 Å². The molecule has 18 heavy (non-hydrogen) atoms. The van der Waals surface area contributed by atoms with Crippen molar-refractivity contribution in [2.24, 2.45) is 0 Å². The van der Waals surface area contributed by atoms with Gasteiger partial charge < -0.3 is 4.74 Å². The Morgan fingerprint density at radius 1 is 1.50 bits per heavy atom. The number of ether oxygens (including phenoxy) is 1. The smallest absolute Gasteiger partial charge is 0.316 e. The van der Waals surface area contributed by atoms with Crippen LogP contribution in [0.25, 0.3) is 5.52 Å². The molecule has 0 atom stereocenters. The van der Waals surface area contributed by atoms with Crippen molar-refractivity contribution in [3.05, 3.63) is 30.6 Å². The predicted molar refractivity (Wildman–Crippen MR) is 71.8 cm³/mol. The SMILES string of the molecule is CCCCOC(=O)CSc1ncc2ccccn12. The molecule has 96 valence electrons. The summed E-state index contributed by atoms with van der Waals surface area (Å²) in [6, 6.07) is 5.89. The molecule has 0 saturated heterocycles. The number of rotatable bonds is 6. The summed E-state index contributed by atoms with van der Waals surface area (Å²) in [7, 11) is 0. The van der Waals surface area contributed by atoms with Gasteiger partial charge >= 0.3 is 5.97 Å². The number of unbranched alkanes of at least 4 members (excludes halogenated alkanes) is 1. The van der Waals surface area contributed by atoms with Crippen molar-refractivity contribution in [2.45, 2.75) is 24.9 Å². The Kier molecular flexibility index (Phi) is 4.64. The second-order valence-electron chi connectivity index (χ2n) is 3.90. The van der Waals surface area contributed by atoms with E-state index in [-0.39, 0.29) is 5.97 Å². The van der Waals surface area contributed by atoms with E-state index >= 15 is 0 Å². The lowest BCUT2D eigenvalue weighted by atomic mass is 10.4. The first-order chi connectivity index (χ1) is 8.81. The molecule has 0 spiro atoms. The van der Waals surface area contributed by atoms with Gasteiger partial charge in [-0.3, -0.25) is 9.20 Å². The third kappa shape index (κ3) is 3.26. The summed E-state index contributed by atoms with van der Waals surface area (Å²) in [6.45, 7) is 2.58. The first-order valence-corrected chi connectivity index (χ1v) is 7.00. The molecule has 0 aliphatic rings. The number of nitrogens with zero attached hydrogens (tertiary/aromatic N) is 2. The molecule has 0 N–H and O–H groups in total. The minimum Gasteiger partial charge on any atom is -0.465 e. The van der Waals surface area contributed by atoms with Crippen molar-refractivity contribution in [3.8, 4) is 0 Å². The van der Waals surface area contributed by atoms with Crippen molar-refractivity contribution >= 4 is 23.2 Å². The van der Waals surface area contributed by atoms with Crippen LogP contribution in [0.15, 0.2) is 35.7 Å². The Morgan fingerprint density at radius 3 is 3.22 bits per heavy atom. The lowest BCUT2D eigenvalue weighted by molar-refractivity contribution is -0.140. The maximum Gasteiger partial charge on any atom is 0.316 e. The van der Waals surface area contributed by atoms with Crippen LogP contribution in [0, 0.1) is 0 Å². The molecule has 5 heteroatoms. The fourth-order valence-corrected chi connectivity index (χ4v) is 2.28. The van der Waals surface area contributed by atoms with E-state index in [1.165, 1.54) is 11.8 Å². The first-order valence-electron chi connectivity index (χ1n) is 6.01. The highest BCUT2D eigenvalue weighted by atomic mass is 32.2. The summed E-state index contributed by atoms with van der Waals surface area (Å²) >= 11 is 1.40. The standard InChI is InChI=1S/C13H16N2O2S/c1-2-3-8-17-12(16)10-18-13-14-9-11-6-4-5-7-15(11)13/h4-7,9H,2-3,8,10H2,1H3. The number of esters is 1. The molecule has 0 bridgehead atoms. The van der Waals surface area contributed by atoms with Crippen LogP contribution < -0.4 is 0 Å². The summed E-state index contributed by atoms with van der Waals surface area (Å²) < 4.78 is 7.06. The summed E-state index contributed by atoms with van der Waals surface area (Å²) in [6.07, 6.45) is 5.69.